The maximum Gasteiger partial charge on any atom is 0.249 e. The fourth-order valence-corrected chi connectivity index (χ4v) is 2.86. The summed E-state index contributed by atoms with van der Waals surface area (Å²) >= 11 is 0. The summed E-state index contributed by atoms with van der Waals surface area (Å²) in [5, 5.41) is 3.07. The molecule has 6 heteroatoms. The van der Waals surface area contributed by atoms with Gasteiger partial charge in [0.15, 0.2) is 0 Å². The molecule has 1 aliphatic heterocycles. The highest BCUT2D eigenvalue weighted by atomic mass is 16.5. The van der Waals surface area contributed by atoms with E-state index in [1.165, 1.54) is 0 Å². The maximum atomic E-state index is 12.5. The third kappa shape index (κ3) is 3.22. The van der Waals surface area contributed by atoms with Gasteiger partial charge in [0.05, 0.1) is 7.11 Å². The summed E-state index contributed by atoms with van der Waals surface area (Å²) in [5.74, 6) is 1.36. The minimum absolute atomic E-state index is 0.110. The summed E-state index contributed by atoms with van der Waals surface area (Å²) in [6, 6.07) is 7.26. The number of ether oxygens (including phenoxy) is 2. The molecule has 1 fully saturated rings. The molecule has 0 unspecified atom stereocenters. The highest BCUT2D eigenvalue weighted by Gasteiger charge is 2.29. The Morgan fingerprint density at radius 2 is 2.30 bits per heavy atom. The molecule has 0 spiro atoms. The highest BCUT2D eigenvalue weighted by Crippen LogP contribution is 2.29. The molecule has 0 bridgehead atoms. The van der Waals surface area contributed by atoms with E-state index < -0.39 is 0 Å². The number of hydrogen-bond donors (Lipinski definition) is 1. The topological polar surface area (TPSA) is 65.4 Å². The van der Waals surface area contributed by atoms with Crippen LogP contribution in [0.25, 0.3) is 0 Å². The van der Waals surface area contributed by atoms with Gasteiger partial charge in [-0.3, -0.25) is 4.79 Å². The molecule has 23 heavy (non-hydrogen) atoms. The average molecular weight is 315 g/mol. The maximum absolute atomic E-state index is 12.5. The summed E-state index contributed by atoms with van der Waals surface area (Å²) in [6.45, 7) is 0.639. The van der Waals surface area contributed by atoms with E-state index in [0.717, 1.165) is 24.2 Å². The molecule has 2 aromatic rings. The van der Waals surface area contributed by atoms with E-state index in [-0.39, 0.29) is 18.1 Å². The lowest BCUT2D eigenvalue weighted by molar-refractivity contribution is -0.130. The minimum Gasteiger partial charge on any atom is -0.496 e. The molecule has 6 nitrogen and oxygen atoms in total. The largest absolute Gasteiger partial charge is 0.496 e. The predicted octanol–water partition coefficient (Wildman–Crippen LogP) is 1.81. The third-order valence-electron chi connectivity index (χ3n) is 4.08. The van der Waals surface area contributed by atoms with Crippen molar-refractivity contribution in [3.63, 3.8) is 0 Å². The number of nitrogens with one attached hydrogen (secondary N) is 1. The van der Waals surface area contributed by atoms with E-state index in [1.807, 2.05) is 42.1 Å². The molecule has 0 saturated carbocycles. The lowest BCUT2D eigenvalue weighted by Crippen LogP contribution is -2.38. The normalized spacial score (nSPS) is 18.6. The summed E-state index contributed by atoms with van der Waals surface area (Å²) in [4.78, 5) is 16.9. The fourth-order valence-electron chi connectivity index (χ4n) is 2.86. The van der Waals surface area contributed by atoms with E-state index >= 15 is 0 Å². The summed E-state index contributed by atoms with van der Waals surface area (Å²) in [7, 11) is 3.53. The molecule has 122 valence electrons. The number of benzene rings is 1. The Bertz CT molecular complexity index is 677. The number of carbonyl (C=O) groups is 1. The van der Waals surface area contributed by atoms with Gasteiger partial charge in [-0.1, -0.05) is 18.2 Å². The van der Waals surface area contributed by atoms with Crippen LogP contribution in [0.2, 0.25) is 0 Å². The smallest absolute Gasteiger partial charge is 0.249 e. The Hall–Kier alpha value is -2.34. The second-order valence-corrected chi connectivity index (χ2v) is 5.58. The van der Waals surface area contributed by atoms with Gasteiger partial charge in [-0.25, -0.2) is 4.98 Å². The van der Waals surface area contributed by atoms with E-state index in [0.29, 0.717) is 12.4 Å². The van der Waals surface area contributed by atoms with E-state index in [4.69, 9.17) is 9.47 Å². The molecule has 1 aromatic heterocycles. The molecular weight excluding hydrogens is 294 g/mol. The van der Waals surface area contributed by atoms with Crippen LogP contribution in [0.15, 0.2) is 36.7 Å². The second-order valence-electron chi connectivity index (χ2n) is 5.58. The molecule has 1 amide bonds. The molecular formula is C17H21N3O3. The lowest BCUT2D eigenvalue weighted by Gasteiger charge is -2.22. The van der Waals surface area contributed by atoms with Gasteiger partial charge in [-0.15, -0.1) is 0 Å². The second kappa shape index (κ2) is 6.83. The van der Waals surface area contributed by atoms with E-state index in [1.54, 1.807) is 13.3 Å². The van der Waals surface area contributed by atoms with Crippen LogP contribution in [0.3, 0.4) is 0 Å². The van der Waals surface area contributed by atoms with Crippen LogP contribution in [-0.4, -0.2) is 35.3 Å². The first-order valence-corrected chi connectivity index (χ1v) is 7.73. The molecule has 1 N–H and O–H groups in total. The van der Waals surface area contributed by atoms with Crippen LogP contribution in [0.1, 0.15) is 30.3 Å². The molecule has 1 aromatic carbocycles. The average Bonchev–Trinajstić information content (AvgIpc) is 3.24. The SMILES string of the molecule is COc1ccccc1[C@H](NC(=O)[C@H]1CCCO1)c1nccn1C. The van der Waals surface area contributed by atoms with Gasteiger partial charge in [-0.05, 0) is 18.9 Å². The van der Waals surface area contributed by atoms with Crippen molar-refractivity contribution in [2.45, 2.75) is 25.0 Å². The number of aryl methyl sites for hydroxylation is 1. The number of aromatic nitrogens is 2. The molecule has 1 aliphatic rings. The monoisotopic (exact) mass is 315 g/mol. The number of rotatable bonds is 5. The molecule has 0 radical (unpaired) electrons. The minimum atomic E-state index is -0.386. The zero-order valence-electron chi connectivity index (χ0n) is 13.4. The number of carbonyl (C=O) groups excluding carboxylic acids is 1. The van der Waals surface area contributed by atoms with Gasteiger partial charge in [-0.2, -0.15) is 0 Å². The number of nitrogens with zero attached hydrogens (tertiary/aromatic N) is 2. The van der Waals surface area contributed by atoms with E-state index in [2.05, 4.69) is 10.3 Å². The highest BCUT2D eigenvalue weighted by molar-refractivity contribution is 5.81. The predicted molar refractivity (Wildman–Crippen MR) is 85.2 cm³/mol. The van der Waals surface area contributed by atoms with Crippen molar-refractivity contribution in [1.29, 1.82) is 0 Å². The first-order chi connectivity index (χ1) is 11.2. The van der Waals surface area contributed by atoms with E-state index in [9.17, 15) is 4.79 Å². The Labute approximate surface area is 135 Å². The van der Waals surface area contributed by atoms with Crippen LogP contribution in [-0.2, 0) is 16.6 Å². The fraction of sp³-hybridized carbons (Fsp3) is 0.412. The molecule has 2 heterocycles. The van der Waals surface area contributed by atoms with Crippen LogP contribution in [0, 0.1) is 0 Å². The van der Waals surface area contributed by atoms with Gasteiger partial charge >= 0.3 is 0 Å². The Balaban J connectivity index is 1.94. The summed E-state index contributed by atoms with van der Waals surface area (Å²) in [6.07, 6.45) is 4.86. The summed E-state index contributed by atoms with van der Waals surface area (Å²) < 4.78 is 12.8. The third-order valence-corrected chi connectivity index (χ3v) is 4.08. The van der Waals surface area contributed by atoms with Crippen LogP contribution < -0.4 is 10.1 Å². The van der Waals surface area contributed by atoms with Crippen molar-refractivity contribution in [3.8, 4) is 5.75 Å². The van der Waals surface area contributed by atoms with Crippen LogP contribution in [0.5, 0.6) is 5.75 Å². The van der Waals surface area contributed by atoms with Gasteiger partial charge in [0.2, 0.25) is 5.91 Å². The molecule has 0 aliphatic carbocycles. The van der Waals surface area contributed by atoms with Gasteiger partial charge in [0.25, 0.3) is 0 Å². The molecule has 3 rings (SSSR count). The number of para-hydroxylation sites is 1. The quantitative estimate of drug-likeness (QED) is 0.914. The van der Waals surface area contributed by atoms with Crippen molar-refractivity contribution in [1.82, 2.24) is 14.9 Å². The number of amides is 1. The van der Waals surface area contributed by atoms with Gasteiger partial charge in [0.1, 0.15) is 23.7 Å². The van der Waals surface area contributed by atoms with Crippen LogP contribution >= 0.6 is 0 Å². The van der Waals surface area contributed by atoms with Gasteiger partial charge in [0, 0.05) is 31.6 Å². The number of imidazole rings is 1. The Kier molecular flexibility index (Phi) is 4.62. The number of hydrogen-bond acceptors (Lipinski definition) is 4. The van der Waals surface area contributed by atoms with Crippen molar-refractivity contribution >= 4 is 5.91 Å². The first kappa shape index (κ1) is 15.6. The molecule has 1 saturated heterocycles. The molecule has 2 atom stereocenters. The van der Waals surface area contributed by atoms with Crippen LogP contribution in [0.4, 0.5) is 0 Å². The van der Waals surface area contributed by atoms with Crippen molar-refractivity contribution in [2.75, 3.05) is 13.7 Å². The standard InChI is InChI=1S/C17H21N3O3/c1-20-10-9-18-16(20)15(12-6-3-4-7-13(12)22-2)19-17(21)14-8-5-11-23-14/h3-4,6-7,9-10,14-15H,5,8,11H2,1-2H3,(H,19,21)/t14-,15+/m1/s1. The van der Waals surface area contributed by atoms with Crippen molar-refractivity contribution < 1.29 is 14.3 Å². The van der Waals surface area contributed by atoms with Gasteiger partial charge < -0.3 is 19.4 Å². The lowest BCUT2D eigenvalue weighted by atomic mass is 10.0. The number of methoxy groups -OCH3 is 1. The summed E-state index contributed by atoms with van der Waals surface area (Å²) in [5.41, 5.74) is 0.871. The Morgan fingerprint density at radius 3 is 2.96 bits per heavy atom. The van der Waals surface area contributed by atoms with Crippen molar-refractivity contribution in [3.05, 3.63) is 48.0 Å². The van der Waals surface area contributed by atoms with Crippen molar-refractivity contribution in [2.24, 2.45) is 7.05 Å². The zero-order valence-corrected chi connectivity index (χ0v) is 13.4. The zero-order chi connectivity index (χ0) is 16.2. The first-order valence-electron chi connectivity index (χ1n) is 7.73. The Morgan fingerprint density at radius 1 is 1.48 bits per heavy atom.